The third-order valence-electron chi connectivity index (χ3n) is 6.49. The number of fused-ring (bicyclic) bond motifs is 1. The maximum atomic E-state index is 13.7. The molecule has 1 saturated heterocycles. The van der Waals surface area contributed by atoms with Gasteiger partial charge in [-0.3, -0.25) is 9.69 Å². The van der Waals surface area contributed by atoms with Crippen molar-refractivity contribution >= 4 is 42.6 Å². The van der Waals surface area contributed by atoms with Crippen molar-refractivity contribution in [2.45, 2.75) is 51.0 Å². The molecule has 0 atom stereocenters. The van der Waals surface area contributed by atoms with Gasteiger partial charge in [0.1, 0.15) is 5.76 Å². The van der Waals surface area contributed by atoms with Crippen LogP contribution in [0.5, 0.6) is 0 Å². The van der Waals surface area contributed by atoms with Crippen LogP contribution in [0, 0.1) is 13.8 Å². The molecule has 1 amide bonds. The summed E-state index contributed by atoms with van der Waals surface area (Å²) < 4.78 is 34.4. The number of aromatic nitrogens is 1. The van der Waals surface area contributed by atoms with Gasteiger partial charge in [0.05, 0.1) is 27.9 Å². The number of anilines is 1. The van der Waals surface area contributed by atoms with E-state index in [0.29, 0.717) is 29.5 Å². The first-order valence-corrected chi connectivity index (χ1v) is 14.4. The van der Waals surface area contributed by atoms with Gasteiger partial charge in [-0.1, -0.05) is 30.2 Å². The highest BCUT2D eigenvalue weighted by molar-refractivity contribution is 7.89. The number of sulfonamides is 1. The third kappa shape index (κ3) is 4.96. The number of rotatable bonds is 6. The Bertz CT molecular complexity index is 1470. The number of carbonyl (C=O) groups is 1. The molecule has 3 heterocycles. The first-order valence-electron chi connectivity index (χ1n) is 12.2. The van der Waals surface area contributed by atoms with E-state index in [2.05, 4.69) is 12.1 Å². The molecule has 0 bridgehead atoms. The summed E-state index contributed by atoms with van der Waals surface area (Å²) in [5.41, 5.74) is 3.46. The van der Waals surface area contributed by atoms with Gasteiger partial charge in [-0.25, -0.2) is 13.4 Å². The van der Waals surface area contributed by atoms with Crippen LogP contribution in [0.2, 0.25) is 0 Å². The van der Waals surface area contributed by atoms with Crippen LogP contribution >= 0.6 is 11.3 Å². The second kappa shape index (κ2) is 10.2. The average molecular weight is 524 g/mol. The fraction of sp³-hybridized carbons (Fsp3) is 0.333. The highest BCUT2D eigenvalue weighted by Gasteiger charge is 2.27. The molecular weight excluding hydrogens is 494 g/mol. The molecule has 1 fully saturated rings. The zero-order chi connectivity index (χ0) is 25.3. The predicted octanol–water partition coefficient (Wildman–Crippen LogP) is 5.92. The Hall–Kier alpha value is -3.01. The standard InChI is InChI=1S/C27H29N3O4S2/c1-19-16-20(2)25-24(17-19)35-27(28-25)30(18-22-8-7-15-34-22)26(31)21-9-11-23(12-10-21)36(32,33)29-13-5-3-4-6-14-29/h7-12,15-17H,3-6,13-14,18H2,1-2H3. The maximum absolute atomic E-state index is 13.7. The summed E-state index contributed by atoms with van der Waals surface area (Å²) in [5.74, 6) is 0.370. The normalized spacial score (nSPS) is 15.2. The minimum absolute atomic E-state index is 0.213. The quantitative estimate of drug-likeness (QED) is 0.313. The third-order valence-corrected chi connectivity index (χ3v) is 9.43. The Kier molecular flexibility index (Phi) is 6.96. The Labute approximate surface area is 215 Å². The number of thiazole rings is 1. The molecule has 7 nitrogen and oxygen atoms in total. The number of hydrogen-bond donors (Lipinski definition) is 0. The van der Waals surface area contributed by atoms with Crippen LogP contribution in [-0.4, -0.2) is 36.7 Å². The van der Waals surface area contributed by atoms with Gasteiger partial charge in [-0.2, -0.15) is 4.31 Å². The monoisotopic (exact) mass is 523 g/mol. The van der Waals surface area contributed by atoms with E-state index in [1.54, 1.807) is 33.7 Å². The van der Waals surface area contributed by atoms with Gasteiger partial charge in [0, 0.05) is 18.7 Å². The molecule has 0 aliphatic carbocycles. The van der Waals surface area contributed by atoms with Crippen molar-refractivity contribution < 1.29 is 17.6 Å². The summed E-state index contributed by atoms with van der Waals surface area (Å²) in [6.45, 7) is 5.35. The number of carbonyl (C=O) groups excluding carboxylic acids is 1. The van der Waals surface area contributed by atoms with Gasteiger partial charge in [0.2, 0.25) is 10.0 Å². The van der Waals surface area contributed by atoms with Crippen LogP contribution in [0.3, 0.4) is 0 Å². The Balaban J connectivity index is 1.46. The summed E-state index contributed by atoms with van der Waals surface area (Å²) in [6, 6.07) is 14.0. The summed E-state index contributed by atoms with van der Waals surface area (Å²) in [6.07, 6.45) is 5.43. The lowest BCUT2D eigenvalue weighted by Gasteiger charge is -2.21. The highest BCUT2D eigenvalue weighted by atomic mass is 32.2. The van der Waals surface area contributed by atoms with Gasteiger partial charge in [0.15, 0.2) is 5.13 Å². The Morgan fingerprint density at radius 2 is 1.78 bits per heavy atom. The molecule has 36 heavy (non-hydrogen) atoms. The first kappa shape index (κ1) is 24.7. The summed E-state index contributed by atoms with van der Waals surface area (Å²) in [4.78, 5) is 20.3. The van der Waals surface area contributed by atoms with Crippen molar-refractivity contribution in [3.63, 3.8) is 0 Å². The molecular formula is C27H29N3O4S2. The number of benzene rings is 2. The molecule has 0 radical (unpaired) electrons. The zero-order valence-corrected chi connectivity index (χ0v) is 22.1. The molecule has 9 heteroatoms. The summed E-state index contributed by atoms with van der Waals surface area (Å²) >= 11 is 1.46. The largest absolute Gasteiger partial charge is 0.467 e. The van der Waals surface area contributed by atoms with Crippen molar-refractivity contribution in [2.75, 3.05) is 18.0 Å². The van der Waals surface area contributed by atoms with Crippen LogP contribution in [0.25, 0.3) is 10.2 Å². The Morgan fingerprint density at radius 3 is 2.44 bits per heavy atom. The second-order valence-electron chi connectivity index (χ2n) is 9.24. The molecule has 1 aliphatic rings. The average Bonchev–Trinajstić information content (AvgIpc) is 3.44. The topological polar surface area (TPSA) is 83.7 Å². The molecule has 2 aromatic carbocycles. The first-order chi connectivity index (χ1) is 17.3. The fourth-order valence-corrected chi connectivity index (χ4v) is 7.27. The van der Waals surface area contributed by atoms with Crippen LogP contribution in [0.15, 0.2) is 64.1 Å². The number of aryl methyl sites for hydroxylation is 2. The van der Waals surface area contributed by atoms with Crippen LogP contribution in [0.1, 0.15) is 52.9 Å². The van der Waals surface area contributed by atoms with E-state index < -0.39 is 10.0 Å². The molecule has 188 valence electrons. The minimum atomic E-state index is -3.58. The number of hydrogen-bond acceptors (Lipinski definition) is 6. The van der Waals surface area contributed by atoms with E-state index >= 15 is 0 Å². The van der Waals surface area contributed by atoms with Crippen molar-refractivity contribution in [1.82, 2.24) is 9.29 Å². The van der Waals surface area contributed by atoms with E-state index in [-0.39, 0.29) is 17.3 Å². The molecule has 0 unspecified atom stereocenters. The van der Waals surface area contributed by atoms with E-state index in [1.165, 1.54) is 23.5 Å². The van der Waals surface area contributed by atoms with Crippen molar-refractivity contribution in [3.05, 3.63) is 77.2 Å². The van der Waals surface area contributed by atoms with E-state index in [1.807, 2.05) is 19.9 Å². The molecule has 0 N–H and O–H groups in total. The fourth-order valence-electron chi connectivity index (χ4n) is 4.62. The molecule has 0 spiro atoms. The number of furan rings is 1. The smallest absolute Gasteiger partial charge is 0.260 e. The maximum Gasteiger partial charge on any atom is 0.260 e. The van der Waals surface area contributed by atoms with Gasteiger partial charge < -0.3 is 4.42 Å². The van der Waals surface area contributed by atoms with Crippen molar-refractivity contribution in [2.24, 2.45) is 0 Å². The van der Waals surface area contributed by atoms with Crippen LogP contribution in [0.4, 0.5) is 5.13 Å². The molecule has 5 rings (SSSR count). The molecule has 4 aromatic rings. The zero-order valence-electron chi connectivity index (χ0n) is 20.4. The van der Waals surface area contributed by atoms with E-state index in [0.717, 1.165) is 47.0 Å². The molecule has 0 saturated carbocycles. The van der Waals surface area contributed by atoms with Crippen molar-refractivity contribution in [3.8, 4) is 0 Å². The van der Waals surface area contributed by atoms with Gasteiger partial charge in [-0.15, -0.1) is 0 Å². The van der Waals surface area contributed by atoms with Gasteiger partial charge >= 0.3 is 0 Å². The lowest BCUT2D eigenvalue weighted by atomic mass is 10.1. The highest BCUT2D eigenvalue weighted by Crippen LogP contribution is 2.33. The molecule has 2 aromatic heterocycles. The van der Waals surface area contributed by atoms with Crippen LogP contribution < -0.4 is 4.90 Å². The molecule has 1 aliphatic heterocycles. The lowest BCUT2D eigenvalue weighted by molar-refractivity contribution is 0.0983. The predicted molar refractivity (Wildman–Crippen MR) is 142 cm³/mol. The summed E-state index contributed by atoms with van der Waals surface area (Å²) in [7, 11) is -3.58. The summed E-state index contributed by atoms with van der Waals surface area (Å²) in [5, 5.41) is 0.571. The SMILES string of the molecule is Cc1cc(C)c2nc(N(Cc3ccco3)C(=O)c3ccc(S(=O)(=O)N4CCCCCC4)cc3)sc2c1. The Morgan fingerprint density at radius 1 is 1.06 bits per heavy atom. The minimum Gasteiger partial charge on any atom is -0.467 e. The van der Waals surface area contributed by atoms with E-state index in [9.17, 15) is 13.2 Å². The van der Waals surface area contributed by atoms with Gasteiger partial charge in [-0.05, 0) is 80.3 Å². The van der Waals surface area contributed by atoms with E-state index in [4.69, 9.17) is 9.40 Å². The van der Waals surface area contributed by atoms with Crippen LogP contribution in [-0.2, 0) is 16.6 Å². The van der Waals surface area contributed by atoms with Gasteiger partial charge in [0.25, 0.3) is 5.91 Å². The lowest BCUT2D eigenvalue weighted by Crippen LogP contribution is -2.32. The van der Waals surface area contributed by atoms with Crippen molar-refractivity contribution in [1.29, 1.82) is 0 Å². The number of amides is 1. The number of nitrogens with zero attached hydrogens (tertiary/aromatic N) is 3. The second-order valence-corrected chi connectivity index (χ2v) is 12.2.